The van der Waals surface area contributed by atoms with E-state index >= 15 is 0 Å². The van der Waals surface area contributed by atoms with E-state index in [9.17, 15) is 19.0 Å². The zero-order chi connectivity index (χ0) is 43.9. The van der Waals surface area contributed by atoms with Crippen molar-refractivity contribution >= 4 is 19.8 Å². The van der Waals surface area contributed by atoms with Crippen molar-refractivity contribution in [2.24, 2.45) is 5.73 Å². The summed E-state index contributed by atoms with van der Waals surface area (Å²) in [5, 5.41) is 0. The summed E-state index contributed by atoms with van der Waals surface area (Å²) < 4.78 is 32.9. The fraction of sp³-hybridized carbons (Fsp3) is 0.800. The Morgan fingerprint density at radius 1 is 0.517 bits per heavy atom. The van der Waals surface area contributed by atoms with Gasteiger partial charge in [-0.15, -0.1) is 0 Å². The van der Waals surface area contributed by atoms with Gasteiger partial charge < -0.3 is 20.1 Å². The lowest BCUT2D eigenvalue weighted by Crippen LogP contribution is -2.29. The molecule has 0 fully saturated rings. The molecule has 0 spiro atoms. The molecule has 0 aromatic carbocycles. The van der Waals surface area contributed by atoms with Crippen LogP contribution in [0.1, 0.15) is 226 Å². The second kappa shape index (κ2) is 46.5. The van der Waals surface area contributed by atoms with Gasteiger partial charge in [0.25, 0.3) is 0 Å². The van der Waals surface area contributed by atoms with Crippen LogP contribution in [0.3, 0.4) is 0 Å². The molecule has 0 rings (SSSR count). The number of phosphoric acid groups is 1. The lowest BCUT2D eigenvalue weighted by Gasteiger charge is -2.19. The third kappa shape index (κ3) is 45.5. The lowest BCUT2D eigenvalue weighted by molar-refractivity contribution is -0.161. The van der Waals surface area contributed by atoms with Crippen LogP contribution in [-0.4, -0.2) is 49.3 Å². The van der Waals surface area contributed by atoms with Crippen LogP contribution < -0.4 is 5.73 Å². The topological polar surface area (TPSA) is 134 Å². The fourth-order valence-electron chi connectivity index (χ4n) is 6.86. The molecule has 0 amide bonds. The first-order chi connectivity index (χ1) is 29.3. The minimum atomic E-state index is -4.38. The molecule has 0 aliphatic heterocycles. The number of phosphoric ester groups is 1. The van der Waals surface area contributed by atoms with E-state index in [-0.39, 0.29) is 38.6 Å². The summed E-state index contributed by atoms with van der Waals surface area (Å²) in [4.78, 5) is 35.0. The molecule has 9 nitrogen and oxygen atoms in total. The molecule has 0 aliphatic rings. The number of allylic oxidation sites excluding steroid dienone is 8. The summed E-state index contributed by atoms with van der Waals surface area (Å²) in [6.45, 7) is 3.63. The quantitative estimate of drug-likeness (QED) is 0.0265. The van der Waals surface area contributed by atoms with Gasteiger partial charge in [-0.2, -0.15) is 0 Å². The van der Waals surface area contributed by atoms with Gasteiger partial charge in [0.15, 0.2) is 6.10 Å². The molecule has 0 saturated heterocycles. The monoisotopic (exact) mass is 866 g/mol. The number of unbranched alkanes of at least 4 members (excludes halogenated alkanes) is 25. The van der Waals surface area contributed by atoms with Gasteiger partial charge in [-0.25, -0.2) is 4.57 Å². The normalized spacial score (nSPS) is 13.6. The number of esters is 2. The third-order valence-electron chi connectivity index (χ3n) is 10.5. The second-order valence-electron chi connectivity index (χ2n) is 16.3. The van der Waals surface area contributed by atoms with Crippen LogP contribution in [0, 0.1) is 0 Å². The van der Waals surface area contributed by atoms with Crippen LogP contribution in [0.25, 0.3) is 0 Å². The van der Waals surface area contributed by atoms with Crippen molar-refractivity contribution in [3.8, 4) is 0 Å². The SMILES string of the molecule is CC/C=C\C/C=C\C/C=C\C/C=C\CCCCCCCCC(=O)OC(COC(=O)CCCCCCCCCCCCCCCCCCCCCC)COP(=O)(O)OCCN. The zero-order valence-corrected chi connectivity index (χ0v) is 39.6. The largest absolute Gasteiger partial charge is 0.472 e. The Hall–Kier alpha value is -2.03. The Balaban J connectivity index is 4.08. The first kappa shape index (κ1) is 58.0. The Labute approximate surface area is 368 Å². The van der Waals surface area contributed by atoms with Crippen LogP contribution >= 0.6 is 7.82 Å². The van der Waals surface area contributed by atoms with Crippen LogP contribution in [-0.2, 0) is 32.7 Å². The van der Waals surface area contributed by atoms with E-state index in [1.807, 2.05) is 0 Å². The van der Waals surface area contributed by atoms with Crippen molar-refractivity contribution in [2.45, 2.75) is 232 Å². The van der Waals surface area contributed by atoms with E-state index < -0.39 is 26.5 Å². The van der Waals surface area contributed by atoms with E-state index in [0.717, 1.165) is 83.5 Å². The zero-order valence-electron chi connectivity index (χ0n) is 38.7. The molecule has 0 aliphatic carbocycles. The maximum absolute atomic E-state index is 12.6. The first-order valence-electron chi connectivity index (χ1n) is 24.6. The van der Waals surface area contributed by atoms with Gasteiger partial charge >= 0.3 is 19.8 Å². The van der Waals surface area contributed by atoms with Crippen molar-refractivity contribution in [1.82, 2.24) is 0 Å². The number of carbonyl (C=O) groups excluding carboxylic acids is 2. The highest BCUT2D eigenvalue weighted by Crippen LogP contribution is 2.43. The predicted molar refractivity (Wildman–Crippen MR) is 252 cm³/mol. The molecule has 0 saturated carbocycles. The highest BCUT2D eigenvalue weighted by atomic mass is 31.2. The van der Waals surface area contributed by atoms with Crippen LogP contribution in [0.2, 0.25) is 0 Å². The summed E-state index contributed by atoms with van der Waals surface area (Å²) in [6.07, 6.45) is 54.3. The minimum absolute atomic E-state index is 0.0503. The summed E-state index contributed by atoms with van der Waals surface area (Å²) in [6, 6.07) is 0. The fourth-order valence-corrected chi connectivity index (χ4v) is 7.63. The number of ether oxygens (including phenoxy) is 2. The van der Waals surface area contributed by atoms with Crippen LogP contribution in [0.5, 0.6) is 0 Å². The number of hydrogen-bond acceptors (Lipinski definition) is 8. The molecule has 0 radical (unpaired) electrons. The van der Waals surface area contributed by atoms with Crippen LogP contribution in [0.15, 0.2) is 48.6 Å². The average molecular weight is 866 g/mol. The van der Waals surface area contributed by atoms with Gasteiger partial charge in [0.2, 0.25) is 0 Å². The van der Waals surface area contributed by atoms with Crippen molar-refractivity contribution in [2.75, 3.05) is 26.4 Å². The van der Waals surface area contributed by atoms with E-state index in [1.54, 1.807) is 0 Å². The van der Waals surface area contributed by atoms with Gasteiger partial charge in [-0.3, -0.25) is 18.6 Å². The Kier molecular flexibility index (Phi) is 44.9. The molecule has 3 N–H and O–H groups in total. The molecule has 350 valence electrons. The summed E-state index contributed by atoms with van der Waals surface area (Å²) in [5.41, 5.74) is 5.36. The molecule has 60 heavy (non-hydrogen) atoms. The number of rotatable bonds is 46. The van der Waals surface area contributed by atoms with Crippen molar-refractivity contribution in [3.63, 3.8) is 0 Å². The molecular formula is C50H92NO8P. The van der Waals surface area contributed by atoms with Crippen molar-refractivity contribution in [1.29, 1.82) is 0 Å². The van der Waals surface area contributed by atoms with Gasteiger partial charge in [-0.1, -0.05) is 210 Å². The Morgan fingerprint density at radius 2 is 0.917 bits per heavy atom. The first-order valence-corrected chi connectivity index (χ1v) is 26.1. The minimum Gasteiger partial charge on any atom is -0.462 e. The van der Waals surface area contributed by atoms with Gasteiger partial charge in [0, 0.05) is 19.4 Å². The number of carbonyl (C=O) groups is 2. The standard InChI is InChI=1S/C50H92NO8P/c1-3-5-7-9-11-13-15-17-19-21-23-25-26-28-30-32-34-36-38-40-42-49(52)56-46-48(47-58-60(54,55)57-45-44-51)59-50(53)43-41-39-37-35-33-31-29-27-24-22-20-18-16-14-12-10-8-6-4-2/h6,8,12,14,18,20,24,27,48H,3-5,7,9-11,13,15-17,19,21-23,25-26,28-47,51H2,1-2H3,(H,54,55)/b8-6-,14-12-,20-18-,27-24-. The molecule has 0 aromatic heterocycles. The maximum Gasteiger partial charge on any atom is 0.472 e. The smallest absolute Gasteiger partial charge is 0.462 e. The highest BCUT2D eigenvalue weighted by Gasteiger charge is 2.26. The molecular weight excluding hydrogens is 774 g/mol. The molecule has 0 aromatic rings. The summed E-state index contributed by atoms with van der Waals surface area (Å²) in [5.74, 6) is -0.837. The van der Waals surface area contributed by atoms with Crippen molar-refractivity contribution in [3.05, 3.63) is 48.6 Å². The Morgan fingerprint density at radius 3 is 1.37 bits per heavy atom. The molecule has 10 heteroatoms. The van der Waals surface area contributed by atoms with Gasteiger partial charge in [-0.05, 0) is 51.4 Å². The summed E-state index contributed by atoms with van der Waals surface area (Å²) in [7, 11) is -4.38. The van der Waals surface area contributed by atoms with E-state index in [2.05, 4.69) is 62.5 Å². The van der Waals surface area contributed by atoms with E-state index in [1.165, 1.54) is 109 Å². The maximum atomic E-state index is 12.6. The van der Waals surface area contributed by atoms with E-state index in [4.69, 9.17) is 24.3 Å². The number of nitrogens with two attached hydrogens (primary N) is 1. The number of hydrogen-bond donors (Lipinski definition) is 2. The molecule has 2 unspecified atom stereocenters. The summed E-state index contributed by atoms with van der Waals surface area (Å²) >= 11 is 0. The molecule has 0 heterocycles. The Bertz CT molecular complexity index is 1120. The third-order valence-corrected chi connectivity index (χ3v) is 11.5. The van der Waals surface area contributed by atoms with E-state index in [0.29, 0.717) is 6.42 Å². The van der Waals surface area contributed by atoms with Crippen molar-refractivity contribution < 1.29 is 37.6 Å². The molecule has 2 atom stereocenters. The highest BCUT2D eigenvalue weighted by molar-refractivity contribution is 7.47. The van der Waals surface area contributed by atoms with Gasteiger partial charge in [0.05, 0.1) is 13.2 Å². The lowest BCUT2D eigenvalue weighted by atomic mass is 10.0. The van der Waals surface area contributed by atoms with Crippen LogP contribution in [0.4, 0.5) is 0 Å². The van der Waals surface area contributed by atoms with Gasteiger partial charge in [0.1, 0.15) is 6.61 Å². The predicted octanol–water partition coefficient (Wildman–Crippen LogP) is 14.7. The average Bonchev–Trinajstić information content (AvgIpc) is 3.24. The molecule has 0 bridgehead atoms. The second-order valence-corrected chi connectivity index (χ2v) is 17.8.